The predicted octanol–water partition coefficient (Wildman–Crippen LogP) is 4.99. The molecular formula is C23H27N3OS2. The van der Waals surface area contributed by atoms with Crippen LogP contribution in [-0.2, 0) is 4.79 Å². The summed E-state index contributed by atoms with van der Waals surface area (Å²) in [4.78, 5) is 21.0. The van der Waals surface area contributed by atoms with Crippen molar-refractivity contribution in [1.82, 2.24) is 15.2 Å². The number of likely N-dealkylation sites (tertiary alicyclic amines) is 1. The smallest absolute Gasteiger partial charge is 0.222 e. The number of nitrogens with zero attached hydrogens (tertiary/aromatic N) is 2. The standard InChI is InChI=1S/C23H27N3OS2/c1-17-16-29-23(24-17)19-9-12-26(13-10-19)14-11-21(27)25-22(20-8-5-15-28-20)18-6-3-2-4-7-18/h2-8,15-16,19,22H,9-14H2,1H3,(H,25,27). The van der Waals surface area contributed by atoms with E-state index in [9.17, 15) is 4.79 Å². The fourth-order valence-electron chi connectivity index (χ4n) is 3.88. The topological polar surface area (TPSA) is 45.2 Å². The summed E-state index contributed by atoms with van der Waals surface area (Å²) in [6, 6.07) is 14.3. The third-order valence-electron chi connectivity index (χ3n) is 5.49. The number of aryl methyl sites for hydroxylation is 1. The van der Waals surface area contributed by atoms with Crippen LogP contribution in [0.2, 0.25) is 0 Å². The number of hydrogen-bond acceptors (Lipinski definition) is 5. The summed E-state index contributed by atoms with van der Waals surface area (Å²) < 4.78 is 0. The lowest BCUT2D eigenvalue weighted by Gasteiger charge is -2.31. The summed E-state index contributed by atoms with van der Waals surface area (Å²) >= 11 is 3.47. The van der Waals surface area contributed by atoms with Gasteiger partial charge in [-0.3, -0.25) is 4.79 Å². The lowest BCUT2D eigenvalue weighted by Crippen LogP contribution is -2.37. The number of rotatable bonds is 7. The third-order valence-corrected chi connectivity index (χ3v) is 7.56. The molecule has 0 radical (unpaired) electrons. The van der Waals surface area contributed by atoms with Gasteiger partial charge in [-0.25, -0.2) is 4.98 Å². The molecule has 1 aliphatic rings. The van der Waals surface area contributed by atoms with Gasteiger partial charge < -0.3 is 10.2 Å². The first kappa shape index (κ1) is 20.3. The van der Waals surface area contributed by atoms with E-state index in [-0.39, 0.29) is 11.9 Å². The Morgan fingerprint density at radius 3 is 2.62 bits per heavy atom. The predicted molar refractivity (Wildman–Crippen MR) is 121 cm³/mol. The molecule has 2 aromatic heterocycles. The molecule has 3 heterocycles. The van der Waals surface area contributed by atoms with Crippen molar-refractivity contribution in [1.29, 1.82) is 0 Å². The van der Waals surface area contributed by atoms with Crippen LogP contribution in [0.5, 0.6) is 0 Å². The van der Waals surface area contributed by atoms with Gasteiger partial charge in [0, 0.05) is 34.8 Å². The maximum atomic E-state index is 12.7. The molecule has 29 heavy (non-hydrogen) atoms. The third kappa shape index (κ3) is 5.32. The van der Waals surface area contributed by atoms with Gasteiger partial charge in [0.15, 0.2) is 0 Å². The van der Waals surface area contributed by atoms with Crippen molar-refractivity contribution in [2.24, 2.45) is 0 Å². The number of hydrogen-bond donors (Lipinski definition) is 1. The Kier molecular flexibility index (Phi) is 6.74. The summed E-state index contributed by atoms with van der Waals surface area (Å²) in [5.41, 5.74) is 2.26. The molecule has 1 aromatic carbocycles. The van der Waals surface area contributed by atoms with Crippen LogP contribution in [0.1, 0.15) is 52.4 Å². The fraction of sp³-hybridized carbons (Fsp3) is 0.391. The minimum atomic E-state index is -0.0671. The molecule has 1 unspecified atom stereocenters. The maximum Gasteiger partial charge on any atom is 0.222 e. The lowest BCUT2D eigenvalue weighted by atomic mass is 9.97. The Balaban J connectivity index is 1.28. The van der Waals surface area contributed by atoms with Gasteiger partial charge in [0.1, 0.15) is 0 Å². The molecule has 4 nitrogen and oxygen atoms in total. The minimum absolute atomic E-state index is 0.0671. The Bertz CT molecular complexity index is 899. The van der Waals surface area contributed by atoms with E-state index >= 15 is 0 Å². The zero-order valence-electron chi connectivity index (χ0n) is 16.7. The second-order valence-electron chi connectivity index (χ2n) is 7.62. The van der Waals surface area contributed by atoms with Crippen molar-refractivity contribution in [3.63, 3.8) is 0 Å². The van der Waals surface area contributed by atoms with Crippen LogP contribution in [0.4, 0.5) is 0 Å². The van der Waals surface area contributed by atoms with Crippen molar-refractivity contribution in [2.75, 3.05) is 19.6 Å². The van der Waals surface area contributed by atoms with Gasteiger partial charge in [-0.15, -0.1) is 22.7 Å². The van der Waals surface area contributed by atoms with Gasteiger partial charge in [0.05, 0.1) is 11.0 Å². The van der Waals surface area contributed by atoms with E-state index < -0.39 is 0 Å². The summed E-state index contributed by atoms with van der Waals surface area (Å²) in [5.74, 6) is 0.699. The first-order chi connectivity index (χ1) is 14.2. The van der Waals surface area contributed by atoms with E-state index in [0.717, 1.165) is 43.7 Å². The Labute approximate surface area is 180 Å². The van der Waals surface area contributed by atoms with Crippen molar-refractivity contribution >= 4 is 28.6 Å². The maximum absolute atomic E-state index is 12.7. The van der Waals surface area contributed by atoms with E-state index in [1.54, 1.807) is 22.7 Å². The molecule has 1 N–H and O–H groups in total. The van der Waals surface area contributed by atoms with Gasteiger partial charge in [0.2, 0.25) is 5.91 Å². The molecule has 1 amide bonds. The fourth-order valence-corrected chi connectivity index (χ4v) is 5.65. The number of piperidine rings is 1. The number of thiophene rings is 1. The largest absolute Gasteiger partial charge is 0.344 e. The molecule has 1 fully saturated rings. The molecule has 0 aliphatic carbocycles. The summed E-state index contributed by atoms with van der Waals surface area (Å²) in [7, 11) is 0. The molecular weight excluding hydrogens is 398 g/mol. The van der Waals surface area contributed by atoms with Crippen molar-refractivity contribution < 1.29 is 4.79 Å². The van der Waals surface area contributed by atoms with Gasteiger partial charge in [-0.05, 0) is 49.9 Å². The molecule has 3 aromatic rings. The van der Waals surface area contributed by atoms with E-state index in [0.29, 0.717) is 12.3 Å². The number of aromatic nitrogens is 1. The number of carbonyl (C=O) groups is 1. The van der Waals surface area contributed by atoms with Crippen LogP contribution in [0.3, 0.4) is 0 Å². The summed E-state index contributed by atoms with van der Waals surface area (Å²) in [6.45, 7) is 4.97. The highest BCUT2D eigenvalue weighted by molar-refractivity contribution is 7.10. The number of carbonyl (C=O) groups excluding carboxylic acids is 1. The van der Waals surface area contributed by atoms with Crippen LogP contribution in [-0.4, -0.2) is 35.4 Å². The second-order valence-corrected chi connectivity index (χ2v) is 9.49. The summed E-state index contributed by atoms with van der Waals surface area (Å²) in [5, 5.41) is 8.73. The zero-order valence-corrected chi connectivity index (χ0v) is 18.3. The SMILES string of the molecule is Cc1csc(C2CCN(CCC(=O)NC(c3ccccc3)c3cccs3)CC2)n1. The van der Waals surface area contributed by atoms with E-state index in [4.69, 9.17) is 0 Å². The Morgan fingerprint density at radius 2 is 1.97 bits per heavy atom. The number of amides is 1. The molecule has 1 aliphatic heterocycles. The van der Waals surface area contributed by atoms with Crippen LogP contribution < -0.4 is 5.32 Å². The van der Waals surface area contributed by atoms with Crippen LogP contribution >= 0.6 is 22.7 Å². The van der Waals surface area contributed by atoms with Crippen molar-refractivity contribution in [3.8, 4) is 0 Å². The van der Waals surface area contributed by atoms with Crippen LogP contribution in [0, 0.1) is 6.92 Å². The average Bonchev–Trinajstić information content (AvgIpc) is 3.43. The molecule has 1 atom stereocenters. The van der Waals surface area contributed by atoms with Crippen molar-refractivity contribution in [3.05, 3.63) is 74.4 Å². The number of nitrogens with one attached hydrogen (secondary N) is 1. The van der Waals surface area contributed by atoms with Gasteiger partial charge in [0.25, 0.3) is 0 Å². The molecule has 0 saturated carbocycles. The number of benzene rings is 1. The van der Waals surface area contributed by atoms with Gasteiger partial charge in [-0.1, -0.05) is 36.4 Å². The Morgan fingerprint density at radius 1 is 1.17 bits per heavy atom. The summed E-state index contributed by atoms with van der Waals surface area (Å²) in [6.07, 6.45) is 2.81. The first-order valence-corrected chi connectivity index (χ1v) is 12.0. The average molecular weight is 426 g/mol. The Hall–Kier alpha value is -2.02. The molecule has 152 valence electrons. The molecule has 1 saturated heterocycles. The normalized spacial score (nSPS) is 16.6. The van der Waals surface area contributed by atoms with E-state index in [1.165, 1.54) is 9.88 Å². The minimum Gasteiger partial charge on any atom is -0.344 e. The molecule has 0 bridgehead atoms. The van der Waals surface area contributed by atoms with Gasteiger partial charge >= 0.3 is 0 Å². The molecule has 6 heteroatoms. The molecule has 0 spiro atoms. The van der Waals surface area contributed by atoms with E-state index in [1.807, 2.05) is 24.3 Å². The second kappa shape index (κ2) is 9.65. The monoisotopic (exact) mass is 425 g/mol. The molecule has 4 rings (SSSR count). The zero-order chi connectivity index (χ0) is 20.1. The van der Waals surface area contributed by atoms with Gasteiger partial charge in [-0.2, -0.15) is 0 Å². The number of thiazole rings is 1. The van der Waals surface area contributed by atoms with Crippen LogP contribution in [0.25, 0.3) is 0 Å². The first-order valence-electron chi connectivity index (χ1n) is 10.2. The van der Waals surface area contributed by atoms with E-state index in [2.05, 4.69) is 51.1 Å². The lowest BCUT2D eigenvalue weighted by molar-refractivity contribution is -0.122. The van der Waals surface area contributed by atoms with Crippen LogP contribution in [0.15, 0.2) is 53.2 Å². The highest BCUT2D eigenvalue weighted by Gasteiger charge is 2.23. The van der Waals surface area contributed by atoms with Crippen molar-refractivity contribution in [2.45, 2.75) is 38.1 Å². The highest BCUT2D eigenvalue weighted by atomic mass is 32.1. The highest BCUT2D eigenvalue weighted by Crippen LogP contribution is 2.30. The quantitative estimate of drug-likeness (QED) is 0.580.